The number of benzene rings is 4. The highest BCUT2D eigenvalue weighted by molar-refractivity contribution is 5.54. The molecule has 0 amide bonds. The van der Waals surface area contributed by atoms with Crippen LogP contribution in [0.2, 0.25) is 0 Å². The number of aryl methyl sites for hydroxylation is 2. The van der Waals surface area contributed by atoms with Crippen LogP contribution in [0.4, 0.5) is 11.4 Å². The lowest BCUT2D eigenvalue weighted by atomic mass is 10.1. The van der Waals surface area contributed by atoms with Gasteiger partial charge >= 0.3 is 0 Å². The Morgan fingerprint density at radius 3 is 1.27 bits per heavy atom. The molecule has 6 aromatic rings. The molecule has 0 atom stereocenters. The molecule has 56 heavy (non-hydrogen) atoms. The number of aromatic nitrogens is 4. The lowest BCUT2D eigenvalue weighted by molar-refractivity contribution is 0.242. The average Bonchev–Trinajstić information content (AvgIpc) is 3.56. The Hall–Kier alpha value is -5.58. The number of anilines is 2. The quantitative estimate of drug-likeness (QED) is 0.184. The van der Waals surface area contributed by atoms with E-state index in [9.17, 15) is 9.59 Å². The van der Waals surface area contributed by atoms with Gasteiger partial charge in [0.05, 0.1) is 22.8 Å². The van der Waals surface area contributed by atoms with Crippen molar-refractivity contribution in [2.24, 2.45) is 14.1 Å². The fraction of sp³-hybridized carbons (Fsp3) is 0.348. The third kappa shape index (κ3) is 8.17. The van der Waals surface area contributed by atoms with Gasteiger partial charge in [0.25, 0.3) is 11.1 Å². The van der Waals surface area contributed by atoms with Gasteiger partial charge in [-0.05, 0) is 75.7 Å². The van der Waals surface area contributed by atoms with Crippen LogP contribution < -0.4 is 20.9 Å². The van der Waals surface area contributed by atoms with Gasteiger partial charge in [-0.3, -0.25) is 28.8 Å². The zero-order valence-corrected chi connectivity index (χ0v) is 33.9. The van der Waals surface area contributed by atoms with Gasteiger partial charge in [0, 0.05) is 102 Å². The summed E-state index contributed by atoms with van der Waals surface area (Å²) < 4.78 is 7.57. The third-order valence-electron chi connectivity index (χ3n) is 11.6. The minimum Gasteiger partial charge on any atom is -0.369 e. The van der Waals surface area contributed by atoms with Crippen LogP contribution in [0, 0.1) is 27.7 Å². The van der Waals surface area contributed by atoms with Crippen molar-refractivity contribution in [2.75, 3.05) is 62.2 Å². The molecular weight excluding hydrogens is 697 g/mol. The third-order valence-corrected chi connectivity index (χ3v) is 11.6. The van der Waals surface area contributed by atoms with Crippen molar-refractivity contribution in [2.45, 2.75) is 40.8 Å². The summed E-state index contributed by atoms with van der Waals surface area (Å²) in [6.45, 7) is 17.9. The van der Waals surface area contributed by atoms with Crippen molar-refractivity contribution in [3.8, 4) is 11.4 Å². The molecule has 0 unspecified atom stereocenters. The molecule has 4 heterocycles. The van der Waals surface area contributed by atoms with Crippen LogP contribution in [0.25, 0.3) is 11.4 Å². The zero-order chi connectivity index (χ0) is 39.3. The molecule has 10 nitrogen and oxygen atoms in total. The Balaban J connectivity index is 0.000000172. The summed E-state index contributed by atoms with van der Waals surface area (Å²) in [7, 11) is 3.97. The Morgan fingerprint density at radius 2 is 0.857 bits per heavy atom. The summed E-state index contributed by atoms with van der Waals surface area (Å²) in [6.07, 6.45) is 0. The molecule has 0 N–H and O–H groups in total. The highest BCUT2D eigenvalue weighted by Crippen LogP contribution is 2.24. The van der Waals surface area contributed by atoms with E-state index in [2.05, 4.69) is 82.0 Å². The van der Waals surface area contributed by atoms with Crippen LogP contribution in [-0.2, 0) is 27.2 Å². The Bertz CT molecular complexity index is 2340. The molecule has 0 aliphatic carbocycles. The minimum absolute atomic E-state index is 0.0709. The first-order valence-corrected chi connectivity index (χ1v) is 19.8. The van der Waals surface area contributed by atoms with E-state index in [0.717, 1.165) is 99.3 Å². The van der Waals surface area contributed by atoms with Gasteiger partial charge < -0.3 is 9.80 Å². The number of hydrogen-bond donors (Lipinski definition) is 0. The van der Waals surface area contributed by atoms with Crippen LogP contribution in [0.15, 0.2) is 119 Å². The molecule has 0 bridgehead atoms. The van der Waals surface area contributed by atoms with E-state index in [1.165, 1.54) is 22.5 Å². The second-order valence-electron chi connectivity index (χ2n) is 15.2. The fourth-order valence-electron chi connectivity index (χ4n) is 8.26. The smallest absolute Gasteiger partial charge is 0.274 e. The first-order valence-electron chi connectivity index (χ1n) is 19.8. The van der Waals surface area contributed by atoms with Crippen molar-refractivity contribution in [1.82, 2.24) is 28.5 Å². The van der Waals surface area contributed by atoms with E-state index in [1.807, 2.05) is 98.0 Å². The van der Waals surface area contributed by atoms with Crippen LogP contribution in [0.1, 0.15) is 33.6 Å². The second kappa shape index (κ2) is 17.1. The van der Waals surface area contributed by atoms with E-state index in [-0.39, 0.29) is 11.1 Å². The van der Waals surface area contributed by atoms with Gasteiger partial charge in [0.2, 0.25) is 0 Å². The van der Waals surface area contributed by atoms with Crippen molar-refractivity contribution >= 4 is 11.4 Å². The van der Waals surface area contributed by atoms with Crippen LogP contribution in [0.5, 0.6) is 0 Å². The van der Waals surface area contributed by atoms with Gasteiger partial charge in [0.15, 0.2) is 0 Å². The molecule has 0 radical (unpaired) electrons. The maximum absolute atomic E-state index is 12.9. The minimum atomic E-state index is 0.0709. The molecule has 2 saturated heterocycles. The fourth-order valence-corrected chi connectivity index (χ4v) is 8.26. The van der Waals surface area contributed by atoms with Gasteiger partial charge in [-0.25, -0.2) is 9.36 Å². The SMILES string of the molecule is Cc1c(CN2CCN(c3ccccc3)CC2)n(C)n(-c2ccccc2)c1=O.Cc1ccc(N2CCN(Cc3c(C)c(=O)n(-c4ccccc4)n3C)CC2)c(C)c1. The van der Waals surface area contributed by atoms with E-state index in [1.54, 1.807) is 9.36 Å². The van der Waals surface area contributed by atoms with Crippen molar-refractivity contribution in [3.05, 3.63) is 164 Å². The Labute approximate surface area is 331 Å². The maximum atomic E-state index is 12.9. The van der Waals surface area contributed by atoms with Gasteiger partial charge in [-0.2, -0.15) is 0 Å². The molecule has 2 aliphatic heterocycles. The number of para-hydroxylation sites is 3. The van der Waals surface area contributed by atoms with E-state index in [4.69, 9.17) is 0 Å². The summed E-state index contributed by atoms with van der Waals surface area (Å²) in [4.78, 5) is 35.5. The normalized spacial score (nSPS) is 15.2. The Morgan fingerprint density at radius 1 is 0.464 bits per heavy atom. The number of rotatable bonds is 8. The molecular formula is C46H56N8O2. The lowest BCUT2D eigenvalue weighted by Gasteiger charge is -2.37. The summed E-state index contributed by atoms with van der Waals surface area (Å²) in [5.74, 6) is 0. The van der Waals surface area contributed by atoms with Crippen LogP contribution >= 0.6 is 0 Å². The van der Waals surface area contributed by atoms with E-state index in [0.29, 0.717) is 0 Å². The number of nitrogens with zero attached hydrogens (tertiary/aromatic N) is 8. The molecule has 292 valence electrons. The van der Waals surface area contributed by atoms with Gasteiger partial charge in [0.1, 0.15) is 0 Å². The van der Waals surface area contributed by atoms with E-state index >= 15 is 0 Å². The highest BCUT2D eigenvalue weighted by atomic mass is 16.1. The molecule has 0 spiro atoms. The number of hydrogen-bond acceptors (Lipinski definition) is 6. The van der Waals surface area contributed by atoms with Gasteiger partial charge in [-0.15, -0.1) is 0 Å². The van der Waals surface area contributed by atoms with Crippen LogP contribution in [-0.4, -0.2) is 80.9 Å². The summed E-state index contributed by atoms with van der Waals surface area (Å²) >= 11 is 0. The predicted molar refractivity (Wildman–Crippen MR) is 229 cm³/mol. The first kappa shape index (κ1) is 38.7. The molecule has 2 fully saturated rings. The molecule has 8 rings (SSSR count). The summed E-state index contributed by atoms with van der Waals surface area (Å²) in [6, 6.07) is 37.0. The molecule has 2 aromatic heterocycles. The summed E-state index contributed by atoms with van der Waals surface area (Å²) in [5, 5.41) is 0. The van der Waals surface area contributed by atoms with Gasteiger partial charge in [-0.1, -0.05) is 72.3 Å². The topological polar surface area (TPSA) is 66.8 Å². The lowest BCUT2D eigenvalue weighted by Crippen LogP contribution is -2.46. The predicted octanol–water partition coefficient (Wildman–Crippen LogP) is 6.23. The molecule has 10 heteroatoms. The van der Waals surface area contributed by atoms with Crippen molar-refractivity contribution in [3.63, 3.8) is 0 Å². The van der Waals surface area contributed by atoms with Crippen molar-refractivity contribution in [1.29, 1.82) is 0 Å². The average molecular weight is 753 g/mol. The monoisotopic (exact) mass is 752 g/mol. The zero-order valence-electron chi connectivity index (χ0n) is 33.9. The number of piperazine rings is 2. The molecule has 4 aromatic carbocycles. The molecule has 0 saturated carbocycles. The Kier molecular flexibility index (Phi) is 11.8. The highest BCUT2D eigenvalue weighted by Gasteiger charge is 2.24. The summed E-state index contributed by atoms with van der Waals surface area (Å²) in [5.41, 5.74) is 11.1. The maximum Gasteiger partial charge on any atom is 0.274 e. The standard InChI is InChI=1S/C24H30N4O.C22H26N4O/c1-18-10-11-22(19(2)16-18)27-14-12-26(13-15-27)17-23-20(3)24(29)28(25(23)4)21-8-6-5-7-9-21;1-18-21(23(2)26(22(18)27)20-11-7-4-8-12-20)17-24-13-15-25(16-14-24)19-9-5-3-6-10-19/h5-11,16H,12-15,17H2,1-4H3;3-12H,13-17H2,1-2H3. The van der Waals surface area contributed by atoms with E-state index < -0.39 is 0 Å². The largest absolute Gasteiger partial charge is 0.369 e. The van der Waals surface area contributed by atoms with Crippen molar-refractivity contribution < 1.29 is 0 Å². The molecule has 2 aliphatic rings. The first-order chi connectivity index (χ1) is 27.1. The second-order valence-corrected chi connectivity index (χ2v) is 15.2. The van der Waals surface area contributed by atoms with Crippen LogP contribution in [0.3, 0.4) is 0 Å².